The summed E-state index contributed by atoms with van der Waals surface area (Å²) in [4.78, 5) is 16.3. The molecule has 2 rings (SSSR count). The lowest BCUT2D eigenvalue weighted by Crippen LogP contribution is -2.40. The van der Waals surface area contributed by atoms with Gasteiger partial charge in [0, 0.05) is 23.0 Å². The van der Waals surface area contributed by atoms with Gasteiger partial charge in [0.25, 0.3) is 0 Å². The van der Waals surface area contributed by atoms with E-state index in [9.17, 15) is 4.79 Å². The first kappa shape index (κ1) is 15.3. The number of hydrogen-bond acceptors (Lipinski definition) is 4. The standard InChI is InChI=1S/C15H24N2O2S/c1-10-9-20-13(16-10)11-5-7-12(8-6-11)17-14(18)19-15(2,3)4/h9,11-12H,5-8H2,1-4H3,(H,17,18)/t11-,12-. The fourth-order valence-electron chi connectivity index (χ4n) is 2.52. The molecule has 5 heteroatoms. The number of hydrogen-bond donors (Lipinski definition) is 1. The monoisotopic (exact) mass is 296 g/mol. The molecule has 0 atom stereocenters. The second-order valence-electron chi connectivity index (χ2n) is 6.52. The van der Waals surface area contributed by atoms with Gasteiger partial charge in [-0.05, 0) is 53.4 Å². The van der Waals surface area contributed by atoms with E-state index in [0.717, 1.165) is 31.4 Å². The van der Waals surface area contributed by atoms with Crippen molar-refractivity contribution >= 4 is 17.4 Å². The fraction of sp³-hybridized carbons (Fsp3) is 0.733. The zero-order valence-electron chi connectivity index (χ0n) is 12.7. The van der Waals surface area contributed by atoms with Crippen molar-refractivity contribution in [2.24, 2.45) is 0 Å². The van der Waals surface area contributed by atoms with Gasteiger partial charge in [0.15, 0.2) is 0 Å². The van der Waals surface area contributed by atoms with Crippen molar-refractivity contribution in [3.63, 3.8) is 0 Å². The van der Waals surface area contributed by atoms with Crippen molar-refractivity contribution in [3.8, 4) is 0 Å². The number of ether oxygens (including phenoxy) is 1. The maximum Gasteiger partial charge on any atom is 0.407 e. The Kier molecular flexibility index (Phi) is 4.68. The predicted molar refractivity (Wildman–Crippen MR) is 81.2 cm³/mol. The van der Waals surface area contributed by atoms with Gasteiger partial charge in [0.2, 0.25) is 0 Å². The normalized spacial score (nSPS) is 23.4. The average Bonchev–Trinajstić information content (AvgIpc) is 2.74. The highest BCUT2D eigenvalue weighted by atomic mass is 32.1. The van der Waals surface area contributed by atoms with E-state index in [2.05, 4.69) is 15.7 Å². The summed E-state index contributed by atoms with van der Waals surface area (Å²) in [6.07, 6.45) is 3.89. The number of thiazole rings is 1. The third-order valence-electron chi connectivity index (χ3n) is 3.43. The summed E-state index contributed by atoms with van der Waals surface area (Å²) < 4.78 is 5.29. The zero-order valence-corrected chi connectivity index (χ0v) is 13.5. The summed E-state index contributed by atoms with van der Waals surface area (Å²) in [5.74, 6) is 0.561. The number of aryl methyl sites for hydroxylation is 1. The van der Waals surface area contributed by atoms with Gasteiger partial charge < -0.3 is 10.1 Å². The van der Waals surface area contributed by atoms with E-state index in [1.807, 2.05) is 27.7 Å². The van der Waals surface area contributed by atoms with E-state index in [4.69, 9.17) is 4.74 Å². The third kappa shape index (κ3) is 4.47. The second kappa shape index (κ2) is 6.12. The Morgan fingerprint density at radius 3 is 2.50 bits per heavy atom. The van der Waals surface area contributed by atoms with E-state index in [-0.39, 0.29) is 12.1 Å². The number of amides is 1. The largest absolute Gasteiger partial charge is 0.444 e. The van der Waals surface area contributed by atoms with Crippen molar-refractivity contribution < 1.29 is 9.53 Å². The molecule has 0 saturated heterocycles. The molecule has 1 amide bonds. The van der Waals surface area contributed by atoms with Gasteiger partial charge >= 0.3 is 6.09 Å². The first-order valence-corrected chi connectivity index (χ1v) is 8.13. The van der Waals surface area contributed by atoms with Crippen LogP contribution in [0.1, 0.15) is 63.1 Å². The summed E-state index contributed by atoms with van der Waals surface area (Å²) in [6, 6.07) is 0.238. The van der Waals surface area contributed by atoms with Gasteiger partial charge in [0.05, 0.1) is 5.01 Å². The molecule has 1 heterocycles. The lowest BCUT2D eigenvalue weighted by atomic mass is 9.86. The van der Waals surface area contributed by atoms with Crippen LogP contribution in [0.2, 0.25) is 0 Å². The average molecular weight is 296 g/mol. The van der Waals surface area contributed by atoms with Crippen LogP contribution in [-0.2, 0) is 4.74 Å². The van der Waals surface area contributed by atoms with Gasteiger partial charge in [-0.2, -0.15) is 0 Å². The maximum absolute atomic E-state index is 11.7. The van der Waals surface area contributed by atoms with Gasteiger partial charge in [-0.15, -0.1) is 11.3 Å². The smallest absolute Gasteiger partial charge is 0.407 e. The molecule has 4 nitrogen and oxygen atoms in total. The van der Waals surface area contributed by atoms with E-state index in [1.165, 1.54) is 5.01 Å². The van der Waals surface area contributed by atoms with E-state index < -0.39 is 5.60 Å². The number of rotatable bonds is 2. The Labute approximate surface area is 124 Å². The first-order chi connectivity index (χ1) is 9.33. The van der Waals surface area contributed by atoms with Crippen LogP contribution in [0.4, 0.5) is 4.79 Å². The van der Waals surface area contributed by atoms with Crippen LogP contribution < -0.4 is 5.32 Å². The minimum Gasteiger partial charge on any atom is -0.444 e. The topological polar surface area (TPSA) is 51.2 Å². The van der Waals surface area contributed by atoms with Crippen LogP contribution in [0.5, 0.6) is 0 Å². The lowest BCUT2D eigenvalue weighted by molar-refractivity contribution is 0.0491. The molecule has 0 radical (unpaired) electrons. The summed E-state index contributed by atoms with van der Waals surface area (Å²) in [7, 11) is 0. The fourth-order valence-corrected chi connectivity index (χ4v) is 3.49. The van der Waals surface area contributed by atoms with E-state index in [0.29, 0.717) is 5.92 Å². The highest BCUT2D eigenvalue weighted by Crippen LogP contribution is 2.34. The number of nitrogens with one attached hydrogen (secondary N) is 1. The summed E-state index contributed by atoms with van der Waals surface area (Å²) >= 11 is 1.76. The van der Waals surface area contributed by atoms with E-state index in [1.54, 1.807) is 11.3 Å². The van der Waals surface area contributed by atoms with Crippen LogP contribution in [0.3, 0.4) is 0 Å². The molecule has 1 saturated carbocycles. The Hall–Kier alpha value is -1.10. The van der Waals surface area contributed by atoms with E-state index >= 15 is 0 Å². The lowest BCUT2D eigenvalue weighted by Gasteiger charge is -2.29. The zero-order chi connectivity index (χ0) is 14.8. The molecular weight excluding hydrogens is 272 g/mol. The number of alkyl carbamates (subject to hydrolysis) is 1. The Balaban J connectivity index is 1.78. The Bertz CT molecular complexity index is 457. The summed E-state index contributed by atoms with van der Waals surface area (Å²) in [5.41, 5.74) is 0.679. The molecule has 112 valence electrons. The van der Waals surface area contributed by atoms with Gasteiger partial charge in [-0.3, -0.25) is 0 Å². The van der Waals surface area contributed by atoms with Crippen molar-refractivity contribution in [2.45, 2.75) is 70.9 Å². The Morgan fingerprint density at radius 2 is 2.00 bits per heavy atom. The minimum atomic E-state index is -0.431. The third-order valence-corrected chi connectivity index (χ3v) is 4.56. The van der Waals surface area contributed by atoms with Crippen molar-refractivity contribution in [1.82, 2.24) is 10.3 Å². The van der Waals surface area contributed by atoms with Crippen molar-refractivity contribution in [2.75, 3.05) is 0 Å². The first-order valence-electron chi connectivity index (χ1n) is 7.25. The van der Waals surface area contributed by atoms with Crippen LogP contribution in [0, 0.1) is 6.92 Å². The van der Waals surface area contributed by atoms with Crippen LogP contribution in [0.25, 0.3) is 0 Å². The second-order valence-corrected chi connectivity index (χ2v) is 7.41. The van der Waals surface area contributed by atoms with Gasteiger partial charge in [0.1, 0.15) is 5.60 Å². The quantitative estimate of drug-likeness (QED) is 0.897. The minimum absolute atomic E-state index is 0.238. The molecular formula is C15H24N2O2S. The number of carbonyl (C=O) groups excluding carboxylic acids is 1. The van der Waals surface area contributed by atoms with Crippen LogP contribution >= 0.6 is 11.3 Å². The maximum atomic E-state index is 11.7. The molecule has 1 aliphatic carbocycles. The highest BCUT2D eigenvalue weighted by molar-refractivity contribution is 7.09. The van der Waals surface area contributed by atoms with Gasteiger partial charge in [-0.1, -0.05) is 0 Å². The predicted octanol–water partition coefficient (Wildman–Crippen LogP) is 4.00. The number of aromatic nitrogens is 1. The molecule has 1 aliphatic rings. The SMILES string of the molecule is Cc1csc([C@H]2CC[C@H](NC(=O)OC(C)(C)C)CC2)n1. The molecule has 0 aromatic carbocycles. The number of nitrogens with zero attached hydrogens (tertiary/aromatic N) is 1. The molecule has 1 fully saturated rings. The van der Waals surface area contributed by atoms with Crippen LogP contribution in [0.15, 0.2) is 5.38 Å². The molecule has 1 aromatic heterocycles. The molecule has 0 aliphatic heterocycles. The van der Waals surface area contributed by atoms with Crippen LogP contribution in [-0.4, -0.2) is 22.7 Å². The number of carbonyl (C=O) groups is 1. The molecule has 0 bridgehead atoms. The highest BCUT2D eigenvalue weighted by Gasteiger charge is 2.26. The molecule has 0 spiro atoms. The van der Waals surface area contributed by atoms with Gasteiger partial charge in [-0.25, -0.2) is 9.78 Å². The Morgan fingerprint density at radius 1 is 1.35 bits per heavy atom. The van der Waals surface area contributed by atoms with Crippen molar-refractivity contribution in [3.05, 3.63) is 16.1 Å². The molecule has 0 unspecified atom stereocenters. The molecule has 1 aromatic rings. The van der Waals surface area contributed by atoms with Crippen molar-refractivity contribution in [1.29, 1.82) is 0 Å². The molecule has 20 heavy (non-hydrogen) atoms. The summed E-state index contributed by atoms with van der Waals surface area (Å²) in [5, 5.41) is 6.33. The molecule has 1 N–H and O–H groups in total. The summed E-state index contributed by atoms with van der Waals surface area (Å²) in [6.45, 7) is 7.69.